The molecule has 1 aromatic carbocycles. The van der Waals surface area contributed by atoms with Crippen molar-refractivity contribution in [2.45, 2.75) is 37.8 Å². The molecule has 0 N–H and O–H groups in total. The SMILES string of the molecule is CO[C@H]1OC(=O)c2ccc3c(c21)C(=O)[C@@H]1O[C@@H]1C3(C)C. The number of benzene rings is 1. The number of esters is 1. The number of hydrogen-bond donors (Lipinski definition) is 0. The summed E-state index contributed by atoms with van der Waals surface area (Å²) >= 11 is 0. The molecule has 5 heteroatoms. The zero-order chi connectivity index (χ0) is 14.2. The Labute approximate surface area is 115 Å². The molecular weight excluding hydrogens is 260 g/mol. The van der Waals surface area contributed by atoms with Crippen molar-refractivity contribution in [3.63, 3.8) is 0 Å². The van der Waals surface area contributed by atoms with Gasteiger partial charge >= 0.3 is 5.97 Å². The van der Waals surface area contributed by atoms with Crippen LogP contribution < -0.4 is 0 Å². The van der Waals surface area contributed by atoms with Gasteiger partial charge in [0.05, 0.1) is 5.56 Å². The molecular formula is C15H14O5. The summed E-state index contributed by atoms with van der Waals surface area (Å²) in [6, 6.07) is 3.55. The Morgan fingerprint density at radius 1 is 1.25 bits per heavy atom. The number of ketones is 1. The average Bonchev–Trinajstić information content (AvgIpc) is 3.17. The molecule has 0 bridgehead atoms. The van der Waals surface area contributed by atoms with Crippen molar-refractivity contribution < 1.29 is 23.8 Å². The zero-order valence-corrected chi connectivity index (χ0v) is 11.4. The minimum absolute atomic E-state index is 0.0680. The lowest BCUT2D eigenvalue weighted by Gasteiger charge is -2.30. The fourth-order valence-electron chi connectivity index (χ4n) is 3.39. The molecule has 20 heavy (non-hydrogen) atoms. The predicted molar refractivity (Wildman–Crippen MR) is 67.6 cm³/mol. The van der Waals surface area contributed by atoms with E-state index in [0.717, 1.165) is 5.56 Å². The Morgan fingerprint density at radius 3 is 2.70 bits per heavy atom. The molecule has 5 nitrogen and oxygen atoms in total. The molecule has 1 aromatic rings. The second-order valence-electron chi connectivity index (χ2n) is 5.99. The Balaban J connectivity index is 2.02. The van der Waals surface area contributed by atoms with Crippen molar-refractivity contribution in [1.29, 1.82) is 0 Å². The molecule has 0 saturated carbocycles. The number of carbonyl (C=O) groups excluding carboxylic acids is 2. The highest BCUT2D eigenvalue weighted by molar-refractivity contribution is 6.09. The van der Waals surface area contributed by atoms with Crippen LogP contribution in [0.25, 0.3) is 0 Å². The lowest BCUT2D eigenvalue weighted by Crippen LogP contribution is -2.36. The number of rotatable bonds is 1. The van der Waals surface area contributed by atoms with Gasteiger partial charge in [0.15, 0.2) is 5.78 Å². The molecule has 3 atom stereocenters. The molecule has 4 rings (SSSR count). The van der Waals surface area contributed by atoms with E-state index < -0.39 is 18.4 Å². The van der Waals surface area contributed by atoms with Crippen LogP contribution in [-0.4, -0.2) is 31.1 Å². The highest BCUT2D eigenvalue weighted by Gasteiger charge is 2.60. The van der Waals surface area contributed by atoms with E-state index in [9.17, 15) is 9.59 Å². The number of methoxy groups -OCH3 is 1. The first-order chi connectivity index (χ1) is 9.46. The van der Waals surface area contributed by atoms with E-state index in [4.69, 9.17) is 14.2 Å². The van der Waals surface area contributed by atoms with E-state index in [1.165, 1.54) is 7.11 Å². The molecule has 3 aliphatic rings. The maximum Gasteiger partial charge on any atom is 0.341 e. The largest absolute Gasteiger partial charge is 0.428 e. The van der Waals surface area contributed by atoms with Gasteiger partial charge in [-0.25, -0.2) is 4.79 Å². The van der Waals surface area contributed by atoms with Crippen molar-refractivity contribution in [2.75, 3.05) is 7.11 Å². The van der Waals surface area contributed by atoms with Crippen LogP contribution in [0, 0.1) is 0 Å². The normalized spacial score (nSPS) is 32.2. The fourth-order valence-corrected chi connectivity index (χ4v) is 3.39. The Hall–Kier alpha value is -1.72. The van der Waals surface area contributed by atoms with Crippen LogP contribution in [0.15, 0.2) is 12.1 Å². The van der Waals surface area contributed by atoms with Gasteiger partial charge in [0.25, 0.3) is 0 Å². The van der Waals surface area contributed by atoms with E-state index in [1.54, 1.807) is 6.07 Å². The van der Waals surface area contributed by atoms with Crippen molar-refractivity contribution in [3.8, 4) is 0 Å². The lowest BCUT2D eigenvalue weighted by atomic mass is 9.70. The minimum Gasteiger partial charge on any atom is -0.428 e. The molecule has 1 fully saturated rings. The van der Waals surface area contributed by atoms with Crippen LogP contribution in [-0.2, 0) is 19.6 Å². The third kappa shape index (κ3) is 1.24. The molecule has 1 saturated heterocycles. The molecule has 2 aliphatic heterocycles. The summed E-state index contributed by atoms with van der Waals surface area (Å²) in [7, 11) is 1.46. The van der Waals surface area contributed by atoms with Crippen LogP contribution in [0.3, 0.4) is 0 Å². The van der Waals surface area contributed by atoms with Gasteiger partial charge in [-0.3, -0.25) is 4.79 Å². The number of cyclic esters (lactones) is 1. The highest BCUT2D eigenvalue weighted by atomic mass is 16.7. The van der Waals surface area contributed by atoms with Crippen molar-refractivity contribution in [1.82, 2.24) is 0 Å². The first kappa shape index (κ1) is 12.1. The van der Waals surface area contributed by atoms with Crippen molar-refractivity contribution in [3.05, 3.63) is 34.4 Å². The van der Waals surface area contributed by atoms with Gasteiger partial charge in [0, 0.05) is 23.7 Å². The van der Waals surface area contributed by atoms with Crippen LogP contribution in [0.2, 0.25) is 0 Å². The van der Waals surface area contributed by atoms with Crippen LogP contribution in [0.4, 0.5) is 0 Å². The standard InChI is InChI=1S/C15H14O5/c1-15(2)7-5-4-6-8(14(18-3)20-13(6)17)9(7)10(16)11-12(15)19-11/h4-5,11-12,14H,1-3H3/t11-,12-,14-/m0/s1. The summed E-state index contributed by atoms with van der Waals surface area (Å²) in [4.78, 5) is 24.4. The summed E-state index contributed by atoms with van der Waals surface area (Å²) in [5.41, 5.74) is 2.16. The first-order valence-electron chi connectivity index (χ1n) is 6.57. The number of carbonyl (C=O) groups is 2. The second-order valence-corrected chi connectivity index (χ2v) is 5.99. The minimum atomic E-state index is -0.803. The fraction of sp³-hybridized carbons (Fsp3) is 0.467. The molecule has 0 unspecified atom stereocenters. The summed E-state index contributed by atoms with van der Waals surface area (Å²) in [6.07, 6.45) is -1.26. The zero-order valence-electron chi connectivity index (χ0n) is 11.4. The predicted octanol–water partition coefficient (Wildman–Crippen LogP) is 1.74. The van der Waals surface area contributed by atoms with Crippen molar-refractivity contribution >= 4 is 11.8 Å². The van der Waals surface area contributed by atoms with E-state index in [0.29, 0.717) is 16.7 Å². The molecule has 0 amide bonds. The topological polar surface area (TPSA) is 65.1 Å². The Bertz CT molecular complexity index is 660. The van der Waals surface area contributed by atoms with E-state index in [2.05, 4.69) is 13.8 Å². The average molecular weight is 274 g/mol. The van der Waals surface area contributed by atoms with E-state index in [-0.39, 0.29) is 17.3 Å². The monoisotopic (exact) mass is 274 g/mol. The summed E-state index contributed by atoms with van der Waals surface area (Å²) in [5, 5.41) is 0. The highest BCUT2D eigenvalue weighted by Crippen LogP contribution is 2.51. The Morgan fingerprint density at radius 2 is 2.00 bits per heavy atom. The third-order valence-electron chi connectivity index (χ3n) is 4.53. The molecule has 0 spiro atoms. The van der Waals surface area contributed by atoms with Gasteiger partial charge in [0.1, 0.15) is 12.2 Å². The molecule has 1 aliphatic carbocycles. The van der Waals surface area contributed by atoms with Crippen LogP contribution in [0.5, 0.6) is 0 Å². The molecule has 0 radical (unpaired) electrons. The lowest BCUT2D eigenvalue weighted by molar-refractivity contribution is -0.0818. The maximum absolute atomic E-state index is 12.5. The van der Waals surface area contributed by atoms with Gasteiger partial charge in [-0.2, -0.15) is 0 Å². The smallest absolute Gasteiger partial charge is 0.341 e. The van der Waals surface area contributed by atoms with Crippen LogP contribution in [0.1, 0.15) is 52.0 Å². The van der Waals surface area contributed by atoms with Crippen molar-refractivity contribution in [2.24, 2.45) is 0 Å². The third-order valence-corrected chi connectivity index (χ3v) is 4.53. The number of fused-ring (bicyclic) bond motifs is 4. The van der Waals surface area contributed by atoms with Crippen LogP contribution >= 0.6 is 0 Å². The number of hydrogen-bond acceptors (Lipinski definition) is 5. The van der Waals surface area contributed by atoms with E-state index >= 15 is 0 Å². The maximum atomic E-state index is 12.5. The van der Waals surface area contributed by atoms with E-state index in [1.807, 2.05) is 6.07 Å². The van der Waals surface area contributed by atoms with Gasteiger partial charge in [0.2, 0.25) is 6.29 Å². The summed E-state index contributed by atoms with van der Waals surface area (Å²) in [5.74, 6) is -0.513. The van der Waals surface area contributed by atoms with Gasteiger partial charge in [-0.1, -0.05) is 19.9 Å². The first-order valence-corrected chi connectivity index (χ1v) is 6.57. The Kier molecular flexibility index (Phi) is 2.10. The van der Waals surface area contributed by atoms with Gasteiger partial charge < -0.3 is 14.2 Å². The summed E-state index contributed by atoms with van der Waals surface area (Å²) in [6.45, 7) is 4.10. The molecule has 2 heterocycles. The van der Waals surface area contributed by atoms with Gasteiger partial charge in [-0.15, -0.1) is 0 Å². The number of Topliss-reactive ketones (excluding diaryl/α,β-unsaturated/α-hetero) is 1. The van der Waals surface area contributed by atoms with Gasteiger partial charge in [-0.05, 0) is 11.6 Å². The molecule has 104 valence electrons. The number of epoxide rings is 1. The summed E-state index contributed by atoms with van der Waals surface area (Å²) < 4.78 is 15.9. The second kappa shape index (κ2) is 3.48. The number of ether oxygens (including phenoxy) is 3. The molecule has 0 aromatic heterocycles. The quantitative estimate of drug-likeness (QED) is 0.576.